The summed E-state index contributed by atoms with van der Waals surface area (Å²) in [5.41, 5.74) is 1.96. The fraction of sp³-hybridized carbons (Fsp3) is 0.211. The van der Waals surface area contributed by atoms with Crippen LogP contribution in [-0.4, -0.2) is 9.67 Å². The maximum absolute atomic E-state index is 12.2. The summed E-state index contributed by atoms with van der Waals surface area (Å²) in [6, 6.07) is 15.1. The summed E-state index contributed by atoms with van der Waals surface area (Å²) < 4.78 is 7.33. The van der Waals surface area contributed by atoms with E-state index < -0.39 is 0 Å². The summed E-state index contributed by atoms with van der Waals surface area (Å²) in [7, 11) is 0. The molecule has 0 saturated carbocycles. The molecule has 5 heteroatoms. The molecule has 0 aliphatic rings. The van der Waals surface area contributed by atoms with E-state index in [0.717, 1.165) is 22.4 Å². The molecule has 3 rings (SSSR count). The summed E-state index contributed by atoms with van der Waals surface area (Å²) in [6.07, 6.45) is 2.54. The van der Waals surface area contributed by atoms with Crippen molar-refractivity contribution in [3.8, 4) is 5.75 Å². The molecule has 0 aliphatic heterocycles. The van der Waals surface area contributed by atoms with E-state index in [0.29, 0.717) is 18.9 Å². The molecule has 24 heavy (non-hydrogen) atoms. The molecular weight excluding hydrogens is 322 g/mol. The Labute approximate surface area is 144 Å². The SMILES string of the molecule is O=c1cc(OCc2cccs2)ccn1CCc1ccc(CO)cc1. The molecule has 0 spiro atoms. The monoisotopic (exact) mass is 341 g/mol. The normalized spacial score (nSPS) is 10.7. The number of ether oxygens (including phenoxy) is 1. The van der Waals surface area contributed by atoms with Crippen molar-refractivity contribution in [2.75, 3.05) is 0 Å². The van der Waals surface area contributed by atoms with Crippen LogP contribution in [0.5, 0.6) is 5.75 Å². The van der Waals surface area contributed by atoms with Gasteiger partial charge in [-0.1, -0.05) is 30.3 Å². The Morgan fingerprint density at radius 1 is 1.08 bits per heavy atom. The molecule has 124 valence electrons. The first kappa shape index (κ1) is 16.5. The second-order valence-corrected chi connectivity index (χ2v) is 6.52. The third kappa shape index (κ3) is 4.34. The lowest BCUT2D eigenvalue weighted by atomic mass is 10.1. The van der Waals surface area contributed by atoms with Gasteiger partial charge in [0, 0.05) is 23.7 Å². The average Bonchev–Trinajstić information content (AvgIpc) is 3.13. The second-order valence-electron chi connectivity index (χ2n) is 5.49. The molecule has 0 bridgehead atoms. The third-order valence-electron chi connectivity index (χ3n) is 3.78. The molecule has 0 unspecified atom stereocenters. The number of benzene rings is 1. The second kappa shape index (κ2) is 7.95. The minimum absolute atomic E-state index is 0.0483. The van der Waals surface area contributed by atoms with Crippen LogP contribution in [0.15, 0.2) is 64.9 Å². The first-order chi connectivity index (χ1) is 11.7. The molecule has 0 aliphatic carbocycles. The summed E-state index contributed by atoms with van der Waals surface area (Å²) in [5.74, 6) is 0.594. The Morgan fingerprint density at radius 3 is 2.54 bits per heavy atom. The highest BCUT2D eigenvalue weighted by Gasteiger charge is 2.02. The molecule has 0 radical (unpaired) electrons. The van der Waals surface area contributed by atoms with E-state index in [-0.39, 0.29) is 12.2 Å². The highest BCUT2D eigenvalue weighted by atomic mass is 32.1. The van der Waals surface area contributed by atoms with Crippen molar-refractivity contribution in [1.29, 1.82) is 0 Å². The van der Waals surface area contributed by atoms with Gasteiger partial charge in [-0.25, -0.2) is 0 Å². The maximum Gasteiger partial charge on any atom is 0.254 e. The molecule has 0 saturated heterocycles. The first-order valence-electron chi connectivity index (χ1n) is 7.79. The van der Waals surface area contributed by atoms with Gasteiger partial charge in [-0.2, -0.15) is 0 Å². The maximum atomic E-state index is 12.2. The van der Waals surface area contributed by atoms with Crippen LogP contribution in [0.3, 0.4) is 0 Å². The van der Waals surface area contributed by atoms with E-state index in [1.54, 1.807) is 22.1 Å². The first-order valence-corrected chi connectivity index (χ1v) is 8.67. The smallest absolute Gasteiger partial charge is 0.254 e. The van der Waals surface area contributed by atoms with Crippen LogP contribution in [0, 0.1) is 0 Å². The number of aromatic nitrogens is 1. The Bertz CT molecular complexity index is 823. The third-order valence-corrected chi connectivity index (χ3v) is 4.63. The molecule has 0 amide bonds. The Morgan fingerprint density at radius 2 is 1.88 bits per heavy atom. The number of aliphatic hydroxyl groups is 1. The van der Waals surface area contributed by atoms with Gasteiger partial charge < -0.3 is 14.4 Å². The van der Waals surface area contributed by atoms with Crippen LogP contribution in [0.1, 0.15) is 16.0 Å². The van der Waals surface area contributed by atoms with Gasteiger partial charge >= 0.3 is 0 Å². The number of hydrogen-bond donors (Lipinski definition) is 1. The topological polar surface area (TPSA) is 51.5 Å². The minimum Gasteiger partial charge on any atom is -0.488 e. The average molecular weight is 341 g/mol. The van der Waals surface area contributed by atoms with E-state index in [2.05, 4.69) is 0 Å². The van der Waals surface area contributed by atoms with Gasteiger partial charge in [0.2, 0.25) is 0 Å². The number of aliphatic hydroxyl groups excluding tert-OH is 1. The molecular formula is C19H19NO3S. The molecule has 2 aromatic heterocycles. The van der Waals surface area contributed by atoms with E-state index in [4.69, 9.17) is 9.84 Å². The Balaban J connectivity index is 1.58. The van der Waals surface area contributed by atoms with Gasteiger partial charge in [0.05, 0.1) is 6.61 Å². The number of rotatable bonds is 7. The standard InChI is InChI=1S/C19H19NO3S/c21-13-16-5-3-15(4-6-16)7-9-20-10-8-17(12-19(20)22)23-14-18-2-1-11-24-18/h1-6,8,10-12,21H,7,9,13-14H2. The number of aryl methyl sites for hydroxylation is 2. The lowest BCUT2D eigenvalue weighted by molar-refractivity contribution is 0.282. The zero-order valence-electron chi connectivity index (χ0n) is 13.2. The van der Waals surface area contributed by atoms with Gasteiger partial charge in [-0.15, -0.1) is 11.3 Å². The van der Waals surface area contributed by atoms with Crippen molar-refractivity contribution in [2.45, 2.75) is 26.2 Å². The van der Waals surface area contributed by atoms with E-state index in [1.807, 2.05) is 47.8 Å². The summed E-state index contributed by atoms with van der Waals surface area (Å²) in [4.78, 5) is 13.3. The minimum atomic E-state index is -0.0642. The van der Waals surface area contributed by atoms with E-state index in [9.17, 15) is 4.79 Å². The molecule has 0 fully saturated rings. The van der Waals surface area contributed by atoms with Crippen molar-refractivity contribution in [3.63, 3.8) is 0 Å². The zero-order chi connectivity index (χ0) is 16.8. The fourth-order valence-corrected chi connectivity index (χ4v) is 2.99. The summed E-state index contributed by atoms with van der Waals surface area (Å²) >= 11 is 1.63. The number of hydrogen-bond acceptors (Lipinski definition) is 4. The highest BCUT2D eigenvalue weighted by Crippen LogP contribution is 2.14. The lowest BCUT2D eigenvalue weighted by Gasteiger charge is -2.09. The predicted octanol–water partition coefficient (Wildman–Crippen LogP) is 3.22. The van der Waals surface area contributed by atoms with Gasteiger partial charge in [-0.05, 0) is 35.1 Å². The van der Waals surface area contributed by atoms with Crippen LogP contribution in [0.2, 0.25) is 0 Å². The number of thiophene rings is 1. The highest BCUT2D eigenvalue weighted by molar-refractivity contribution is 7.09. The van der Waals surface area contributed by atoms with Crippen LogP contribution >= 0.6 is 11.3 Å². The van der Waals surface area contributed by atoms with Crippen molar-refractivity contribution >= 4 is 11.3 Å². The molecule has 3 aromatic rings. The van der Waals surface area contributed by atoms with Crippen molar-refractivity contribution in [2.24, 2.45) is 0 Å². The van der Waals surface area contributed by atoms with Gasteiger partial charge in [0.25, 0.3) is 5.56 Å². The van der Waals surface area contributed by atoms with Crippen molar-refractivity contribution in [3.05, 3.63) is 86.5 Å². The molecule has 1 aromatic carbocycles. The van der Waals surface area contributed by atoms with Crippen molar-refractivity contribution in [1.82, 2.24) is 4.57 Å². The molecule has 0 atom stereocenters. The quantitative estimate of drug-likeness (QED) is 0.718. The molecule has 4 nitrogen and oxygen atoms in total. The Hall–Kier alpha value is -2.37. The number of nitrogens with zero attached hydrogens (tertiary/aromatic N) is 1. The van der Waals surface area contributed by atoms with Crippen LogP contribution < -0.4 is 10.3 Å². The van der Waals surface area contributed by atoms with E-state index >= 15 is 0 Å². The van der Waals surface area contributed by atoms with Crippen molar-refractivity contribution < 1.29 is 9.84 Å². The zero-order valence-corrected chi connectivity index (χ0v) is 14.0. The van der Waals surface area contributed by atoms with Gasteiger partial charge in [-0.3, -0.25) is 4.79 Å². The van der Waals surface area contributed by atoms with Gasteiger partial charge in [0.15, 0.2) is 0 Å². The molecule has 2 heterocycles. The van der Waals surface area contributed by atoms with E-state index in [1.165, 1.54) is 6.07 Å². The predicted molar refractivity (Wildman–Crippen MR) is 95.4 cm³/mol. The van der Waals surface area contributed by atoms with Gasteiger partial charge in [0.1, 0.15) is 12.4 Å². The molecule has 1 N–H and O–H groups in total. The lowest BCUT2D eigenvalue weighted by Crippen LogP contribution is -2.19. The largest absolute Gasteiger partial charge is 0.488 e. The van der Waals surface area contributed by atoms with Crippen LogP contribution in [-0.2, 0) is 26.2 Å². The Kier molecular flexibility index (Phi) is 5.46. The van der Waals surface area contributed by atoms with Crippen LogP contribution in [0.4, 0.5) is 0 Å². The number of pyridine rings is 1. The van der Waals surface area contributed by atoms with Crippen LogP contribution in [0.25, 0.3) is 0 Å². The summed E-state index contributed by atoms with van der Waals surface area (Å²) in [6.45, 7) is 1.15. The summed E-state index contributed by atoms with van der Waals surface area (Å²) in [5, 5.41) is 11.0. The fourth-order valence-electron chi connectivity index (χ4n) is 2.37.